The molecule has 0 unspecified atom stereocenters. The summed E-state index contributed by atoms with van der Waals surface area (Å²) >= 11 is -2.28. The van der Waals surface area contributed by atoms with E-state index in [-0.39, 0.29) is 9.72 Å². The van der Waals surface area contributed by atoms with Crippen molar-refractivity contribution in [2.24, 2.45) is 0 Å². The Morgan fingerprint density at radius 2 is 0.576 bits per heavy atom. The fourth-order valence-electron chi connectivity index (χ4n) is 4.81. The SMILES string of the molecule is O.c1cc[c]([Ge]([c]2ccccc2)[C](c2ccccc2)(c2ccccc2)c2ccccc2)cc1. The Morgan fingerprint density at radius 3 is 0.848 bits per heavy atom. The predicted octanol–water partition coefficient (Wildman–Crippen LogP) is 5.04. The molecule has 0 aromatic heterocycles. The molecule has 5 aromatic carbocycles. The summed E-state index contributed by atoms with van der Waals surface area (Å²) in [6.07, 6.45) is 0. The van der Waals surface area contributed by atoms with Gasteiger partial charge >= 0.3 is 196 Å². The van der Waals surface area contributed by atoms with Crippen LogP contribution in [0.1, 0.15) is 16.7 Å². The first-order chi connectivity index (χ1) is 15.9. The molecule has 0 fully saturated rings. The van der Waals surface area contributed by atoms with Crippen LogP contribution in [-0.2, 0) is 4.25 Å². The van der Waals surface area contributed by atoms with Gasteiger partial charge in [-0.15, -0.1) is 0 Å². The van der Waals surface area contributed by atoms with Crippen molar-refractivity contribution in [3.05, 3.63) is 168 Å². The molecule has 1 nitrogen and oxygen atoms in total. The fraction of sp³-hybridized carbons (Fsp3) is 0.0323. The van der Waals surface area contributed by atoms with Crippen molar-refractivity contribution in [3.8, 4) is 0 Å². The molecule has 0 amide bonds. The fourth-order valence-corrected chi connectivity index (χ4v) is 12.4. The average molecular weight is 488 g/mol. The van der Waals surface area contributed by atoms with Crippen LogP contribution in [0.3, 0.4) is 0 Å². The van der Waals surface area contributed by atoms with Crippen LogP contribution in [-0.4, -0.2) is 19.8 Å². The van der Waals surface area contributed by atoms with Crippen molar-refractivity contribution in [1.29, 1.82) is 0 Å². The summed E-state index contributed by atoms with van der Waals surface area (Å²) < 4.78 is 2.71. The molecular formula is C31H27GeO. The molecule has 0 saturated heterocycles. The van der Waals surface area contributed by atoms with Gasteiger partial charge in [0.25, 0.3) is 0 Å². The van der Waals surface area contributed by atoms with E-state index in [1.165, 1.54) is 25.5 Å². The van der Waals surface area contributed by atoms with Crippen LogP contribution in [0.4, 0.5) is 0 Å². The van der Waals surface area contributed by atoms with Gasteiger partial charge in [-0.05, 0) is 0 Å². The molecule has 161 valence electrons. The Bertz CT molecular complexity index is 1110. The summed E-state index contributed by atoms with van der Waals surface area (Å²) in [6.45, 7) is 0. The first-order valence-corrected chi connectivity index (χ1v) is 14.2. The maximum atomic E-state index is 2.34. The van der Waals surface area contributed by atoms with E-state index >= 15 is 0 Å². The average Bonchev–Trinajstić information content (AvgIpc) is 2.90. The van der Waals surface area contributed by atoms with E-state index in [0.717, 1.165) is 0 Å². The Kier molecular flexibility index (Phi) is 7.24. The van der Waals surface area contributed by atoms with Crippen LogP contribution in [0.15, 0.2) is 152 Å². The third kappa shape index (κ3) is 4.30. The molecule has 0 bridgehead atoms. The minimum atomic E-state index is -2.28. The van der Waals surface area contributed by atoms with Crippen molar-refractivity contribution in [1.82, 2.24) is 0 Å². The van der Waals surface area contributed by atoms with Crippen LogP contribution in [0, 0.1) is 0 Å². The van der Waals surface area contributed by atoms with Gasteiger partial charge in [-0.2, -0.15) is 0 Å². The van der Waals surface area contributed by atoms with Gasteiger partial charge in [0.15, 0.2) is 0 Å². The topological polar surface area (TPSA) is 31.5 Å². The van der Waals surface area contributed by atoms with E-state index in [9.17, 15) is 0 Å². The van der Waals surface area contributed by atoms with Gasteiger partial charge < -0.3 is 5.48 Å². The first-order valence-electron chi connectivity index (χ1n) is 11.1. The predicted molar refractivity (Wildman–Crippen MR) is 141 cm³/mol. The maximum absolute atomic E-state index is 2.34. The molecule has 1 radical (unpaired) electrons. The zero-order chi connectivity index (χ0) is 21.6. The van der Waals surface area contributed by atoms with Crippen LogP contribution in [0.2, 0.25) is 0 Å². The molecule has 2 heteroatoms. The molecule has 0 heterocycles. The number of rotatable bonds is 6. The Balaban J connectivity index is 0.00000259. The van der Waals surface area contributed by atoms with Crippen LogP contribution in [0.5, 0.6) is 0 Å². The summed E-state index contributed by atoms with van der Waals surface area (Å²) in [5, 5.41) is 0. The minimum absolute atomic E-state index is 0. The van der Waals surface area contributed by atoms with E-state index < -0.39 is 14.3 Å². The number of hydrogen-bond donors (Lipinski definition) is 0. The quantitative estimate of drug-likeness (QED) is 0.237. The van der Waals surface area contributed by atoms with Crippen molar-refractivity contribution in [3.63, 3.8) is 0 Å². The molecular weight excluding hydrogens is 461 g/mol. The van der Waals surface area contributed by atoms with Gasteiger partial charge in [0, 0.05) is 0 Å². The zero-order valence-electron chi connectivity index (χ0n) is 18.4. The third-order valence-corrected chi connectivity index (χ3v) is 13.3. The second-order valence-electron chi connectivity index (χ2n) is 7.96. The van der Waals surface area contributed by atoms with Gasteiger partial charge in [-0.25, -0.2) is 0 Å². The monoisotopic (exact) mass is 489 g/mol. The van der Waals surface area contributed by atoms with Gasteiger partial charge in [0.1, 0.15) is 0 Å². The van der Waals surface area contributed by atoms with E-state index in [4.69, 9.17) is 0 Å². The van der Waals surface area contributed by atoms with Gasteiger partial charge in [0.2, 0.25) is 0 Å². The number of benzene rings is 5. The van der Waals surface area contributed by atoms with E-state index in [1.807, 2.05) is 0 Å². The summed E-state index contributed by atoms with van der Waals surface area (Å²) in [5.74, 6) is 0. The summed E-state index contributed by atoms with van der Waals surface area (Å²) in [6, 6.07) is 55.7. The second-order valence-corrected chi connectivity index (χ2v) is 13.5. The summed E-state index contributed by atoms with van der Waals surface area (Å²) in [4.78, 5) is 0. The molecule has 0 atom stereocenters. The number of hydrogen-bond acceptors (Lipinski definition) is 0. The molecule has 0 saturated carbocycles. The molecule has 0 aliphatic heterocycles. The normalized spacial score (nSPS) is 11.1. The van der Waals surface area contributed by atoms with Gasteiger partial charge in [-0.3, -0.25) is 0 Å². The Hall–Kier alpha value is -3.40. The van der Waals surface area contributed by atoms with Crippen molar-refractivity contribution >= 4 is 23.1 Å². The molecule has 5 rings (SSSR count). The molecule has 2 N–H and O–H groups in total. The first kappa shape index (κ1) is 22.8. The molecule has 5 aromatic rings. The summed E-state index contributed by atoms with van der Waals surface area (Å²) in [5.41, 5.74) is 4.08. The van der Waals surface area contributed by atoms with Crippen LogP contribution < -0.4 is 8.79 Å². The van der Waals surface area contributed by atoms with Crippen LogP contribution >= 0.6 is 0 Å². The van der Waals surface area contributed by atoms with E-state index in [0.29, 0.717) is 0 Å². The van der Waals surface area contributed by atoms with Crippen molar-refractivity contribution < 1.29 is 5.48 Å². The summed E-state index contributed by atoms with van der Waals surface area (Å²) in [7, 11) is 0. The van der Waals surface area contributed by atoms with E-state index in [2.05, 4.69) is 152 Å². The van der Waals surface area contributed by atoms with E-state index in [1.54, 1.807) is 0 Å². The second kappa shape index (κ2) is 10.5. The molecule has 33 heavy (non-hydrogen) atoms. The molecule has 0 spiro atoms. The Labute approximate surface area is 200 Å². The van der Waals surface area contributed by atoms with Crippen LogP contribution in [0.25, 0.3) is 0 Å². The molecule has 0 aliphatic rings. The van der Waals surface area contributed by atoms with Gasteiger partial charge in [-0.1, -0.05) is 0 Å². The van der Waals surface area contributed by atoms with Gasteiger partial charge in [0.05, 0.1) is 0 Å². The standard InChI is InChI=1S/C31H25Ge.H2O/c1-6-16-26(17-7-1)31(27-18-8-2-9-19-27,28-20-10-3-11-21-28)32(29-22-12-4-13-23-29)30-24-14-5-15-25-30;/h1-25H;1H2. The molecule has 0 aliphatic carbocycles. The third-order valence-electron chi connectivity index (χ3n) is 6.12. The van der Waals surface area contributed by atoms with Crippen molar-refractivity contribution in [2.45, 2.75) is 4.25 Å². The van der Waals surface area contributed by atoms with Crippen molar-refractivity contribution in [2.75, 3.05) is 0 Å². The zero-order valence-corrected chi connectivity index (χ0v) is 20.5. The Morgan fingerprint density at radius 1 is 0.333 bits per heavy atom.